The molecule has 0 aliphatic rings. The molecule has 2 aromatic rings. The highest BCUT2D eigenvalue weighted by Crippen LogP contribution is 2.30. The number of ether oxygens (including phenoxy) is 1. The van der Waals surface area contributed by atoms with Crippen LogP contribution in [0.1, 0.15) is 0 Å². The van der Waals surface area contributed by atoms with Crippen LogP contribution in [0.3, 0.4) is 0 Å². The first-order chi connectivity index (χ1) is 6.75. The van der Waals surface area contributed by atoms with Crippen molar-refractivity contribution < 1.29 is 9.15 Å². The molecule has 0 amide bonds. The number of hydrogen-bond acceptors (Lipinski definition) is 3. The predicted molar refractivity (Wildman–Crippen MR) is 51.9 cm³/mol. The van der Waals surface area contributed by atoms with Crippen molar-refractivity contribution in [1.82, 2.24) is 4.98 Å². The minimum atomic E-state index is 0.0779. The van der Waals surface area contributed by atoms with Gasteiger partial charge in [0.05, 0.1) is 5.02 Å². The van der Waals surface area contributed by atoms with Gasteiger partial charge >= 0.3 is 6.08 Å². The van der Waals surface area contributed by atoms with Crippen molar-refractivity contribution >= 4 is 23.2 Å². The van der Waals surface area contributed by atoms with Crippen LogP contribution in [0.25, 0.3) is 0 Å². The van der Waals surface area contributed by atoms with Crippen molar-refractivity contribution in [3.63, 3.8) is 0 Å². The lowest BCUT2D eigenvalue weighted by molar-refractivity contribution is 0.331. The molecule has 1 radical (unpaired) electrons. The quantitative estimate of drug-likeness (QED) is 0.789. The van der Waals surface area contributed by atoms with E-state index in [4.69, 9.17) is 32.4 Å². The van der Waals surface area contributed by atoms with Gasteiger partial charge in [0, 0.05) is 11.1 Å². The normalized spacial score (nSPS) is 10.1. The summed E-state index contributed by atoms with van der Waals surface area (Å²) in [6.45, 7) is 0. The fourth-order valence-electron chi connectivity index (χ4n) is 0.879. The monoisotopic (exact) mass is 228 g/mol. The van der Waals surface area contributed by atoms with E-state index in [0.717, 1.165) is 0 Å². The fourth-order valence-corrected chi connectivity index (χ4v) is 1.20. The SMILES string of the molecule is Clc1ccc(Cl)c(Oc2n[c]co2)c1. The average Bonchev–Trinajstić information content (AvgIpc) is 2.64. The van der Waals surface area contributed by atoms with E-state index in [0.29, 0.717) is 15.8 Å². The summed E-state index contributed by atoms with van der Waals surface area (Å²) in [6.07, 6.45) is 3.83. The number of aromatic nitrogens is 1. The first kappa shape index (κ1) is 9.37. The summed E-state index contributed by atoms with van der Waals surface area (Å²) in [4.78, 5) is 3.67. The molecular weight excluding hydrogens is 225 g/mol. The zero-order valence-electron chi connectivity index (χ0n) is 6.83. The van der Waals surface area contributed by atoms with Crippen LogP contribution < -0.4 is 4.74 Å². The third kappa shape index (κ3) is 2.00. The second-order valence-corrected chi connectivity index (χ2v) is 3.26. The van der Waals surface area contributed by atoms with E-state index in [1.165, 1.54) is 6.26 Å². The Balaban J connectivity index is 2.28. The zero-order valence-corrected chi connectivity index (χ0v) is 8.34. The maximum absolute atomic E-state index is 5.85. The van der Waals surface area contributed by atoms with Crippen LogP contribution in [-0.4, -0.2) is 4.98 Å². The summed E-state index contributed by atoms with van der Waals surface area (Å²) in [6, 6.07) is 4.87. The summed E-state index contributed by atoms with van der Waals surface area (Å²) < 4.78 is 10.0. The zero-order chi connectivity index (χ0) is 9.97. The molecule has 0 saturated carbocycles. The minimum absolute atomic E-state index is 0.0779. The van der Waals surface area contributed by atoms with Gasteiger partial charge in [-0.15, -0.1) is 0 Å². The van der Waals surface area contributed by atoms with Gasteiger partial charge in [0.25, 0.3) is 0 Å². The molecule has 1 aromatic heterocycles. The van der Waals surface area contributed by atoms with Gasteiger partial charge in [0.1, 0.15) is 12.5 Å². The molecule has 0 atom stereocenters. The van der Waals surface area contributed by atoms with E-state index in [1.54, 1.807) is 18.2 Å². The summed E-state index contributed by atoms with van der Waals surface area (Å²) >= 11 is 11.6. The fraction of sp³-hybridized carbons (Fsp3) is 0. The average molecular weight is 229 g/mol. The van der Waals surface area contributed by atoms with Crippen LogP contribution in [0.2, 0.25) is 10.0 Å². The number of benzene rings is 1. The van der Waals surface area contributed by atoms with Gasteiger partial charge in [-0.1, -0.05) is 23.2 Å². The largest absolute Gasteiger partial charge is 0.417 e. The van der Waals surface area contributed by atoms with Gasteiger partial charge in [0.2, 0.25) is 0 Å². The highest BCUT2D eigenvalue weighted by Gasteiger charge is 2.06. The molecule has 0 spiro atoms. The van der Waals surface area contributed by atoms with Gasteiger partial charge in [-0.05, 0) is 12.1 Å². The second kappa shape index (κ2) is 3.90. The third-order valence-electron chi connectivity index (χ3n) is 1.46. The van der Waals surface area contributed by atoms with Crippen molar-refractivity contribution in [2.75, 3.05) is 0 Å². The predicted octanol–water partition coefficient (Wildman–Crippen LogP) is 3.57. The summed E-state index contributed by atoms with van der Waals surface area (Å²) in [5.41, 5.74) is 0. The van der Waals surface area contributed by atoms with Crippen molar-refractivity contribution in [1.29, 1.82) is 0 Å². The molecule has 1 aromatic carbocycles. The van der Waals surface area contributed by atoms with Gasteiger partial charge in [0.15, 0.2) is 5.75 Å². The molecule has 71 valence electrons. The molecule has 2 rings (SSSR count). The van der Waals surface area contributed by atoms with Crippen LogP contribution in [0, 0.1) is 6.20 Å². The molecule has 0 bridgehead atoms. The summed E-state index contributed by atoms with van der Waals surface area (Å²) in [5, 5.41) is 0.965. The summed E-state index contributed by atoms with van der Waals surface area (Å²) in [7, 11) is 0. The van der Waals surface area contributed by atoms with Crippen LogP contribution in [0.15, 0.2) is 28.9 Å². The summed E-state index contributed by atoms with van der Waals surface area (Å²) in [5.74, 6) is 0.398. The van der Waals surface area contributed by atoms with Gasteiger partial charge in [-0.3, -0.25) is 0 Å². The van der Waals surface area contributed by atoms with E-state index in [2.05, 4.69) is 11.2 Å². The Labute approximate surface area is 90.2 Å². The van der Waals surface area contributed by atoms with Crippen LogP contribution >= 0.6 is 23.2 Å². The smallest absolute Gasteiger partial charge is 0.399 e. The Kier molecular flexibility index (Phi) is 2.61. The van der Waals surface area contributed by atoms with Crippen LogP contribution in [0.5, 0.6) is 11.8 Å². The van der Waals surface area contributed by atoms with Crippen LogP contribution in [-0.2, 0) is 0 Å². The maximum atomic E-state index is 5.85. The van der Waals surface area contributed by atoms with Gasteiger partial charge < -0.3 is 9.15 Å². The van der Waals surface area contributed by atoms with Crippen molar-refractivity contribution in [2.24, 2.45) is 0 Å². The highest BCUT2D eigenvalue weighted by molar-refractivity contribution is 6.34. The van der Waals surface area contributed by atoms with E-state index < -0.39 is 0 Å². The van der Waals surface area contributed by atoms with Gasteiger partial charge in [-0.2, -0.15) is 4.98 Å². The second-order valence-electron chi connectivity index (χ2n) is 2.42. The lowest BCUT2D eigenvalue weighted by Gasteiger charge is -2.02. The topological polar surface area (TPSA) is 35.3 Å². The molecule has 0 saturated heterocycles. The third-order valence-corrected chi connectivity index (χ3v) is 2.01. The number of nitrogens with zero attached hydrogens (tertiary/aromatic N) is 1. The Morgan fingerprint density at radius 3 is 2.93 bits per heavy atom. The maximum Gasteiger partial charge on any atom is 0.399 e. The molecule has 0 unspecified atom stereocenters. The van der Waals surface area contributed by atoms with E-state index in [-0.39, 0.29) is 6.08 Å². The van der Waals surface area contributed by atoms with E-state index in [9.17, 15) is 0 Å². The Morgan fingerprint density at radius 2 is 2.21 bits per heavy atom. The van der Waals surface area contributed by atoms with Crippen molar-refractivity contribution in [3.05, 3.63) is 40.7 Å². The van der Waals surface area contributed by atoms with E-state index >= 15 is 0 Å². The molecule has 0 aliphatic heterocycles. The Bertz CT molecular complexity index is 428. The first-order valence-electron chi connectivity index (χ1n) is 3.70. The molecule has 0 N–H and O–H groups in total. The Hall–Kier alpha value is -1.19. The Morgan fingerprint density at radius 1 is 1.36 bits per heavy atom. The molecule has 0 aliphatic carbocycles. The molecule has 1 heterocycles. The lowest BCUT2D eigenvalue weighted by atomic mass is 10.3. The number of hydrogen-bond donors (Lipinski definition) is 0. The van der Waals surface area contributed by atoms with Crippen molar-refractivity contribution in [2.45, 2.75) is 0 Å². The molecule has 5 heteroatoms. The highest BCUT2D eigenvalue weighted by atomic mass is 35.5. The van der Waals surface area contributed by atoms with Crippen LogP contribution in [0.4, 0.5) is 0 Å². The first-order valence-corrected chi connectivity index (χ1v) is 4.46. The van der Waals surface area contributed by atoms with E-state index in [1.807, 2.05) is 0 Å². The number of halogens is 2. The molecule has 0 fully saturated rings. The standard InChI is InChI=1S/C9H4Cl2NO2/c10-6-1-2-7(11)8(5-6)14-9-12-3-4-13-9/h1-2,4-5H. The van der Waals surface area contributed by atoms with Crippen molar-refractivity contribution in [3.8, 4) is 11.8 Å². The van der Waals surface area contributed by atoms with Gasteiger partial charge in [-0.25, -0.2) is 0 Å². The number of oxazole rings is 1. The lowest BCUT2D eigenvalue weighted by Crippen LogP contribution is -1.84. The minimum Gasteiger partial charge on any atom is -0.417 e. The molecular formula is C9H4Cl2NO2. The molecule has 14 heavy (non-hydrogen) atoms. The number of rotatable bonds is 2. The molecule has 3 nitrogen and oxygen atoms in total.